The van der Waals surface area contributed by atoms with E-state index < -0.39 is 35.6 Å². The minimum Gasteiger partial charge on any atom is -0.444 e. The molecule has 0 heterocycles. The van der Waals surface area contributed by atoms with E-state index in [4.69, 9.17) is 4.74 Å². The van der Waals surface area contributed by atoms with Gasteiger partial charge < -0.3 is 25.4 Å². The van der Waals surface area contributed by atoms with Gasteiger partial charge in [-0.2, -0.15) is 12.6 Å². The molecule has 3 amide bonds. The zero-order chi connectivity index (χ0) is 27.0. The number of aryl methyl sites for hydroxylation is 3. The predicted molar refractivity (Wildman–Crippen MR) is 144 cm³/mol. The highest BCUT2D eigenvalue weighted by Gasteiger charge is 2.36. The maximum Gasteiger partial charge on any atom is 0.408 e. The third-order valence-electron chi connectivity index (χ3n) is 5.49. The number of ether oxygens (including phenoxy) is 1. The Hall–Kier alpha value is -3.04. The molecule has 0 fully saturated rings. The van der Waals surface area contributed by atoms with E-state index in [9.17, 15) is 19.5 Å². The van der Waals surface area contributed by atoms with Crippen molar-refractivity contribution < 1.29 is 24.2 Å². The van der Waals surface area contributed by atoms with Crippen molar-refractivity contribution in [3.05, 3.63) is 64.7 Å². The topological polar surface area (TPSA) is 108 Å². The van der Waals surface area contributed by atoms with Gasteiger partial charge in [0.1, 0.15) is 17.7 Å². The van der Waals surface area contributed by atoms with Gasteiger partial charge in [-0.3, -0.25) is 9.59 Å². The monoisotopic (exact) mass is 515 g/mol. The Morgan fingerprint density at radius 1 is 1.06 bits per heavy atom. The predicted octanol–water partition coefficient (Wildman–Crippen LogP) is 3.94. The zero-order valence-corrected chi connectivity index (χ0v) is 22.7. The van der Waals surface area contributed by atoms with Crippen LogP contribution in [0.1, 0.15) is 49.1 Å². The van der Waals surface area contributed by atoms with Crippen molar-refractivity contribution in [2.24, 2.45) is 0 Å². The van der Waals surface area contributed by atoms with Crippen LogP contribution in [0.3, 0.4) is 0 Å². The van der Waals surface area contributed by atoms with E-state index in [0.717, 1.165) is 16.7 Å². The molecule has 8 nitrogen and oxygen atoms in total. The number of amides is 3. The SMILES string of the molecule is Cc1ccc(C)c(C(C(=O)Nc2ccccc2C)N(CCO)C(=O)C(CS)NC(=O)OC(C)(C)C)c1. The summed E-state index contributed by atoms with van der Waals surface area (Å²) in [6.45, 7) is 10.3. The Balaban J connectivity index is 2.51. The number of carbonyl (C=O) groups is 3. The molecule has 0 spiro atoms. The molecule has 0 saturated carbocycles. The molecule has 9 heteroatoms. The Morgan fingerprint density at radius 3 is 2.31 bits per heavy atom. The van der Waals surface area contributed by atoms with Crippen LogP contribution in [-0.4, -0.2) is 58.5 Å². The van der Waals surface area contributed by atoms with Crippen molar-refractivity contribution in [2.75, 3.05) is 24.2 Å². The standard InChI is InChI=1S/C27H37N3O5S/c1-17-11-12-18(2)20(15-17)23(24(32)28-21-10-8-7-9-19(21)3)30(13-14-31)25(33)22(16-36)29-26(34)35-27(4,5)6/h7-12,15,22-23,31,36H,13-14,16H2,1-6H3,(H,28,32)(H,29,34). The van der Waals surface area contributed by atoms with Gasteiger partial charge in [-0.25, -0.2) is 4.79 Å². The quantitative estimate of drug-likeness (QED) is 0.379. The van der Waals surface area contributed by atoms with E-state index >= 15 is 0 Å². The molecule has 0 saturated heterocycles. The second-order valence-corrected chi connectivity index (χ2v) is 10.1. The first-order valence-electron chi connectivity index (χ1n) is 11.8. The smallest absolute Gasteiger partial charge is 0.408 e. The molecule has 2 rings (SSSR count). The molecule has 36 heavy (non-hydrogen) atoms. The summed E-state index contributed by atoms with van der Waals surface area (Å²) < 4.78 is 5.30. The average Bonchev–Trinajstić information content (AvgIpc) is 2.79. The van der Waals surface area contributed by atoms with Gasteiger partial charge in [0.2, 0.25) is 5.91 Å². The van der Waals surface area contributed by atoms with Crippen molar-refractivity contribution in [1.82, 2.24) is 10.2 Å². The Labute approximate surface area is 218 Å². The van der Waals surface area contributed by atoms with Crippen molar-refractivity contribution in [3.63, 3.8) is 0 Å². The number of alkyl carbamates (subject to hydrolysis) is 1. The van der Waals surface area contributed by atoms with Crippen molar-refractivity contribution in [3.8, 4) is 0 Å². The van der Waals surface area contributed by atoms with E-state index in [1.807, 2.05) is 57.2 Å². The van der Waals surface area contributed by atoms with Crippen LogP contribution in [0.25, 0.3) is 0 Å². The molecule has 196 valence electrons. The van der Waals surface area contributed by atoms with Gasteiger partial charge in [0.25, 0.3) is 5.91 Å². The minimum absolute atomic E-state index is 0.0288. The molecule has 0 aliphatic heterocycles. The fraction of sp³-hybridized carbons (Fsp3) is 0.444. The summed E-state index contributed by atoms with van der Waals surface area (Å²) in [5.74, 6) is -1.02. The van der Waals surface area contributed by atoms with E-state index in [2.05, 4.69) is 23.3 Å². The minimum atomic E-state index is -1.08. The number of nitrogens with one attached hydrogen (secondary N) is 2. The summed E-state index contributed by atoms with van der Waals surface area (Å²) in [5, 5.41) is 15.3. The lowest BCUT2D eigenvalue weighted by Crippen LogP contribution is -2.54. The third kappa shape index (κ3) is 7.99. The molecule has 0 aliphatic carbocycles. The molecule has 2 unspecified atom stereocenters. The summed E-state index contributed by atoms with van der Waals surface area (Å²) in [6, 6.07) is 10.9. The van der Waals surface area contributed by atoms with Crippen LogP contribution in [0, 0.1) is 20.8 Å². The number of benzene rings is 2. The summed E-state index contributed by atoms with van der Waals surface area (Å²) in [6.07, 6.45) is -0.772. The van der Waals surface area contributed by atoms with Crippen LogP contribution in [-0.2, 0) is 14.3 Å². The first-order valence-corrected chi connectivity index (χ1v) is 12.5. The molecule has 0 aliphatic rings. The number of rotatable bonds is 9. The Bertz CT molecular complexity index is 1080. The van der Waals surface area contributed by atoms with Crippen LogP contribution in [0.2, 0.25) is 0 Å². The Morgan fingerprint density at radius 2 is 1.72 bits per heavy atom. The molecule has 0 radical (unpaired) electrons. The highest BCUT2D eigenvalue weighted by atomic mass is 32.1. The Kier molecular flexibility index (Phi) is 10.4. The van der Waals surface area contributed by atoms with Gasteiger partial charge in [0, 0.05) is 18.0 Å². The lowest BCUT2D eigenvalue weighted by molar-refractivity contribution is -0.140. The summed E-state index contributed by atoms with van der Waals surface area (Å²) in [7, 11) is 0. The number of anilines is 1. The second-order valence-electron chi connectivity index (χ2n) is 9.70. The number of hydrogen-bond donors (Lipinski definition) is 4. The lowest BCUT2D eigenvalue weighted by atomic mass is 9.96. The van der Waals surface area contributed by atoms with Gasteiger partial charge in [0.15, 0.2) is 0 Å². The number of thiol groups is 1. The van der Waals surface area contributed by atoms with Crippen LogP contribution >= 0.6 is 12.6 Å². The fourth-order valence-corrected chi connectivity index (χ4v) is 3.98. The van der Waals surface area contributed by atoms with E-state index in [1.54, 1.807) is 26.8 Å². The summed E-state index contributed by atoms with van der Waals surface area (Å²) >= 11 is 4.26. The van der Waals surface area contributed by atoms with E-state index in [0.29, 0.717) is 11.3 Å². The van der Waals surface area contributed by atoms with Gasteiger partial charge >= 0.3 is 6.09 Å². The molecule has 2 aromatic carbocycles. The van der Waals surface area contributed by atoms with Crippen LogP contribution < -0.4 is 10.6 Å². The van der Waals surface area contributed by atoms with Crippen molar-refractivity contribution in [1.29, 1.82) is 0 Å². The molecular formula is C27H37N3O5S. The summed E-state index contributed by atoms with van der Waals surface area (Å²) in [4.78, 5) is 41.2. The van der Waals surface area contributed by atoms with Crippen LogP contribution in [0.5, 0.6) is 0 Å². The van der Waals surface area contributed by atoms with Crippen molar-refractivity contribution >= 4 is 36.2 Å². The number of aliphatic hydroxyl groups excluding tert-OH is 1. The normalized spacial score (nSPS) is 12.9. The largest absolute Gasteiger partial charge is 0.444 e. The molecule has 2 atom stereocenters. The lowest BCUT2D eigenvalue weighted by Gasteiger charge is -2.34. The van der Waals surface area contributed by atoms with Gasteiger partial charge in [0.05, 0.1) is 6.61 Å². The molecule has 3 N–H and O–H groups in total. The third-order valence-corrected chi connectivity index (χ3v) is 5.85. The molecular weight excluding hydrogens is 478 g/mol. The second kappa shape index (κ2) is 12.8. The molecule has 0 aromatic heterocycles. The maximum absolute atomic E-state index is 13.8. The van der Waals surface area contributed by atoms with Crippen molar-refractivity contribution in [2.45, 2.75) is 59.2 Å². The summed E-state index contributed by atoms with van der Waals surface area (Å²) in [5.41, 5.74) is 3.07. The number of nitrogens with zero attached hydrogens (tertiary/aromatic N) is 1. The number of hydrogen-bond acceptors (Lipinski definition) is 6. The molecule has 2 aromatic rings. The van der Waals surface area contributed by atoms with Crippen LogP contribution in [0.4, 0.5) is 10.5 Å². The van der Waals surface area contributed by atoms with E-state index in [1.165, 1.54) is 4.90 Å². The van der Waals surface area contributed by atoms with Gasteiger partial charge in [-0.1, -0.05) is 42.0 Å². The average molecular weight is 516 g/mol. The zero-order valence-electron chi connectivity index (χ0n) is 21.8. The highest BCUT2D eigenvalue weighted by molar-refractivity contribution is 7.80. The fourth-order valence-electron chi connectivity index (χ4n) is 3.73. The number of carbonyl (C=O) groups excluding carboxylic acids is 3. The molecule has 0 bridgehead atoms. The van der Waals surface area contributed by atoms with Crippen LogP contribution in [0.15, 0.2) is 42.5 Å². The number of para-hydroxylation sites is 1. The first-order chi connectivity index (χ1) is 16.9. The van der Waals surface area contributed by atoms with E-state index in [-0.39, 0.29) is 18.9 Å². The van der Waals surface area contributed by atoms with Gasteiger partial charge in [-0.15, -0.1) is 0 Å². The van der Waals surface area contributed by atoms with Gasteiger partial charge in [-0.05, 0) is 64.3 Å². The number of aliphatic hydroxyl groups is 1. The first kappa shape index (κ1) is 29.2. The maximum atomic E-state index is 13.8. The highest BCUT2D eigenvalue weighted by Crippen LogP contribution is 2.28.